The summed E-state index contributed by atoms with van der Waals surface area (Å²) in [4.78, 5) is 59.7. The Balaban J connectivity index is 1.08. The minimum atomic E-state index is -0.335. The first-order chi connectivity index (χ1) is 20.5. The second-order valence-corrected chi connectivity index (χ2v) is 13.9. The average molecular weight is 604 g/mol. The number of hydrogen-bond donors (Lipinski definition) is 1. The number of rotatable bonds is 5. The molecule has 0 spiro atoms. The number of anilines is 1. The van der Waals surface area contributed by atoms with Gasteiger partial charge in [-0.15, -0.1) is 11.8 Å². The molecule has 42 heavy (non-hydrogen) atoms. The van der Waals surface area contributed by atoms with E-state index in [1.54, 1.807) is 16.7 Å². The van der Waals surface area contributed by atoms with E-state index in [2.05, 4.69) is 4.98 Å². The number of amides is 3. The van der Waals surface area contributed by atoms with Gasteiger partial charge in [-0.05, 0) is 54.0 Å². The summed E-state index contributed by atoms with van der Waals surface area (Å²) in [6.45, 7) is 2.21. The van der Waals surface area contributed by atoms with Crippen LogP contribution in [-0.4, -0.2) is 65.8 Å². The highest BCUT2D eigenvalue weighted by Gasteiger charge is 2.69. The first-order valence-corrected chi connectivity index (χ1v) is 16.1. The van der Waals surface area contributed by atoms with Gasteiger partial charge in [0.15, 0.2) is 6.61 Å². The van der Waals surface area contributed by atoms with Gasteiger partial charge in [0.25, 0.3) is 5.91 Å². The molecule has 1 aromatic heterocycles. The maximum Gasteiger partial charge on any atom is 0.305 e. The second-order valence-electron chi connectivity index (χ2n) is 11.7. The summed E-state index contributed by atoms with van der Waals surface area (Å²) in [5, 5.41) is 1.02. The van der Waals surface area contributed by atoms with E-state index >= 15 is 0 Å². The summed E-state index contributed by atoms with van der Waals surface area (Å²) >= 11 is 2.93. The van der Waals surface area contributed by atoms with Crippen LogP contribution in [0.4, 0.5) is 5.69 Å². The van der Waals surface area contributed by atoms with Gasteiger partial charge in [0.2, 0.25) is 11.8 Å². The Morgan fingerprint density at radius 1 is 0.952 bits per heavy atom. The fourth-order valence-electron chi connectivity index (χ4n) is 8.04. The minimum absolute atomic E-state index is 0.0332. The second kappa shape index (κ2) is 10.1. The van der Waals surface area contributed by atoms with E-state index in [9.17, 15) is 19.2 Å². The van der Waals surface area contributed by atoms with Crippen molar-refractivity contribution < 1.29 is 23.9 Å². The molecule has 0 radical (unpaired) electrons. The molecular formula is C31H29N3O6S2. The average Bonchev–Trinajstić information content (AvgIpc) is 3.76. The largest absolute Gasteiger partial charge is 0.484 e. The molecule has 0 unspecified atom stereocenters. The van der Waals surface area contributed by atoms with Crippen LogP contribution < -0.4 is 14.5 Å². The summed E-state index contributed by atoms with van der Waals surface area (Å²) in [5.41, 5.74) is 1.69. The van der Waals surface area contributed by atoms with Crippen molar-refractivity contribution in [2.75, 3.05) is 37.8 Å². The molecule has 2 bridgehead atoms. The molecule has 11 heteroatoms. The minimum Gasteiger partial charge on any atom is -0.484 e. The number of benzene rings is 2. The molecule has 8 rings (SSSR count). The monoisotopic (exact) mass is 603 g/mol. The summed E-state index contributed by atoms with van der Waals surface area (Å²) in [6, 6.07) is 17.0. The van der Waals surface area contributed by atoms with Crippen molar-refractivity contribution in [3.8, 4) is 5.75 Å². The predicted octanol–water partition coefficient (Wildman–Crippen LogP) is 3.35. The normalized spacial score (nSPS) is 31.2. The fraction of sp³-hybridized carbons (Fsp3) is 0.419. The zero-order chi connectivity index (χ0) is 28.5. The first-order valence-electron chi connectivity index (χ1n) is 14.4. The van der Waals surface area contributed by atoms with Crippen LogP contribution in [0.25, 0.3) is 0 Å². The Morgan fingerprint density at radius 3 is 2.40 bits per heavy atom. The number of thioether (sulfide) groups is 1. The third kappa shape index (κ3) is 4.00. The number of imide groups is 1. The van der Waals surface area contributed by atoms with Crippen molar-refractivity contribution in [3.05, 3.63) is 74.7 Å². The highest BCUT2D eigenvalue weighted by Crippen LogP contribution is 2.68. The van der Waals surface area contributed by atoms with Gasteiger partial charge in [-0.1, -0.05) is 41.7 Å². The number of morpholine rings is 1. The van der Waals surface area contributed by atoms with Gasteiger partial charge in [-0.3, -0.25) is 24.1 Å². The number of carbonyl (C=O) groups excluding carboxylic acids is 3. The smallest absolute Gasteiger partial charge is 0.305 e. The van der Waals surface area contributed by atoms with E-state index < -0.39 is 0 Å². The summed E-state index contributed by atoms with van der Waals surface area (Å²) in [5.74, 6) is -0.0911. The lowest BCUT2D eigenvalue weighted by molar-refractivity contribution is -0.137. The molecule has 5 aliphatic rings. The number of nitrogens with one attached hydrogen (secondary N) is 1. The molecule has 1 N–H and O–H groups in total. The number of ether oxygens (including phenoxy) is 2. The maximum absolute atomic E-state index is 13.8. The van der Waals surface area contributed by atoms with Crippen LogP contribution >= 0.6 is 23.1 Å². The molecule has 216 valence electrons. The van der Waals surface area contributed by atoms with Gasteiger partial charge < -0.3 is 19.4 Å². The quantitative estimate of drug-likeness (QED) is 0.446. The Morgan fingerprint density at radius 2 is 1.67 bits per heavy atom. The molecule has 2 aliphatic carbocycles. The lowest BCUT2D eigenvalue weighted by atomic mass is 9.68. The SMILES string of the molecule is O=C(COc1ccc([C@@H]2c3sc(=O)[nH]c3S[C@@H]3[C@@H]4C[C@@H]([C@@H]5C(=O)N(c6ccccc6)C(=O)[C@@H]45)[C@H]23)cc1)N1CCOCC1. The van der Waals surface area contributed by atoms with Crippen LogP contribution in [-0.2, 0) is 19.1 Å². The van der Waals surface area contributed by atoms with Gasteiger partial charge in [-0.25, -0.2) is 0 Å². The van der Waals surface area contributed by atoms with Crippen molar-refractivity contribution in [1.29, 1.82) is 0 Å². The van der Waals surface area contributed by atoms with Gasteiger partial charge in [-0.2, -0.15) is 0 Å². The maximum atomic E-state index is 13.8. The number of hydrogen-bond acceptors (Lipinski definition) is 8. The molecule has 3 amide bonds. The van der Waals surface area contributed by atoms with Crippen LogP contribution in [0, 0.1) is 29.6 Å². The van der Waals surface area contributed by atoms with Gasteiger partial charge in [0.05, 0.1) is 35.8 Å². The molecule has 7 atom stereocenters. The van der Waals surface area contributed by atoms with Crippen LogP contribution in [0.3, 0.4) is 0 Å². The molecule has 2 aromatic carbocycles. The standard InChI is InChI=1S/C31H29N3O6S2/c35-21(33-10-12-39-13-11-33)15-40-18-8-6-16(7-9-18)22-23-19-14-20(26(23)41-28-27(22)42-31(38)32-28)25-24(19)29(36)34(30(25)37)17-4-2-1-3-5-17/h1-9,19-20,22-26H,10-15H2,(H,32,38)/t19-,20-,22+,23-,24+,25+,26-/m1/s1. The zero-order valence-electron chi connectivity index (χ0n) is 22.6. The topological polar surface area (TPSA) is 109 Å². The molecule has 2 saturated carbocycles. The van der Waals surface area contributed by atoms with Gasteiger partial charge in [0, 0.05) is 29.1 Å². The number of aromatic nitrogens is 1. The molecule has 4 heterocycles. The van der Waals surface area contributed by atoms with E-state index in [1.807, 2.05) is 54.6 Å². The van der Waals surface area contributed by atoms with Crippen molar-refractivity contribution in [3.63, 3.8) is 0 Å². The Bertz CT molecular complexity index is 1620. The lowest BCUT2D eigenvalue weighted by Gasteiger charge is -2.43. The number of aromatic amines is 1. The number of nitrogens with zero attached hydrogens (tertiary/aromatic N) is 2. The Hall–Kier alpha value is -3.41. The number of para-hydroxylation sites is 1. The lowest BCUT2D eigenvalue weighted by Crippen LogP contribution is -2.43. The van der Waals surface area contributed by atoms with E-state index in [0.29, 0.717) is 37.7 Å². The van der Waals surface area contributed by atoms with Crippen molar-refractivity contribution in [2.24, 2.45) is 29.6 Å². The molecule has 9 nitrogen and oxygen atoms in total. The van der Waals surface area contributed by atoms with Crippen molar-refractivity contribution in [1.82, 2.24) is 9.88 Å². The van der Waals surface area contributed by atoms with Crippen LogP contribution in [0.2, 0.25) is 0 Å². The first kappa shape index (κ1) is 26.2. The molecular weight excluding hydrogens is 574 g/mol. The van der Waals surface area contributed by atoms with E-state index in [1.165, 1.54) is 16.2 Å². The Kier molecular flexibility index (Phi) is 6.31. The van der Waals surface area contributed by atoms with E-state index in [0.717, 1.165) is 21.9 Å². The highest BCUT2D eigenvalue weighted by atomic mass is 32.2. The van der Waals surface area contributed by atoms with Crippen LogP contribution in [0.15, 0.2) is 64.4 Å². The van der Waals surface area contributed by atoms with E-state index in [-0.39, 0.29) is 70.0 Å². The van der Waals surface area contributed by atoms with Crippen molar-refractivity contribution >= 4 is 46.5 Å². The molecule has 3 aliphatic heterocycles. The summed E-state index contributed by atoms with van der Waals surface area (Å²) in [6.07, 6.45) is 0.846. The van der Waals surface area contributed by atoms with Gasteiger partial charge in [0.1, 0.15) is 5.75 Å². The summed E-state index contributed by atoms with van der Waals surface area (Å²) in [7, 11) is 0. The van der Waals surface area contributed by atoms with Crippen molar-refractivity contribution in [2.45, 2.75) is 22.6 Å². The predicted molar refractivity (Wildman–Crippen MR) is 157 cm³/mol. The number of H-pyrrole nitrogens is 1. The highest BCUT2D eigenvalue weighted by molar-refractivity contribution is 8.00. The third-order valence-corrected chi connectivity index (χ3v) is 12.3. The number of carbonyl (C=O) groups is 3. The number of fused-ring (bicyclic) bond motifs is 9. The third-order valence-electron chi connectivity index (χ3n) is 9.70. The van der Waals surface area contributed by atoms with Crippen LogP contribution in [0.5, 0.6) is 5.75 Å². The van der Waals surface area contributed by atoms with Crippen LogP contribution in [0.1, 0.15) is 22.8 Å². The number of thiazole rings is 1. The molecule has 3 aromatic rings. The Labute approximate surface area is 250 Å². The molecule has 2 saturated heterocycles. The fourth-order valence-corrected chi connectivity index (χ4v) is 10.9. The van der Waals surface area contributed by atoms with Gasteiger partial charge >= 0.3 is 4.87 Å². The molecule has 4 fully saturated rings. The summed E-state index contributed by atoms with van der Waals surface area (Å²) < 4.78 is 11.2. The van der Waals surface area contributed by atoms with E-state index in [4.69, 9.17) is 9.47 Å². The zero-order valence-corrected chi connectivity index (χ0v) is 24.3.